The van der Waals surface area contributed by atoms with Gasteiger partial charge in [0.1, 0.15) is 0 Å². The van der Waals surface area contributed by atoms with Crippen LogP contribution in [-0.4, -0.2) is 0 Å². The highest BCUT2D eigenvalue weighted by Gasteiger charge is 2.27. The molecule has 0 aliphatic heterocycles. The molecule has 0 bridgehead atoms. The summed E-state index contributed by atoms with van der Waals surface area (Å²) in [4.78, 5) is 0. The molecule has 0 nitrogen and oxygen atoms in total. The molecular formula is C31H51. The van der Waals surface area contributed by atoms with Crippen LogP contribution in [0.25, 0.3) is 0 Å². The summed E-state index contributed by atoms with van der Waals surface area (Å²) in [5.41, 5.74) is 8.23. The predicted octanol–water partition coefficient (Wildman–Crippen LogP) is 10.4. The van der Waals surface area contributed by atoms with Crippen molar-refractivity contribution >= 4 is 0 Å². The molecule has 0 amide bonds. The van der Waals surface area contributed by atoms with Gasteiger partial charge in [0.25, 0.3) is 0 Å². The summed E-state index contributed by atoms with van der Waals surface area (Å²) in [6, 6.07) is 0. The standard InChI is InChI=1S/C31H51/c1-10-29(21-19-25(4)15-11-14-24(2)3)27(6)17-12-16-26(5)20-22-30-28(7)18-13-23-31(30,8)9/h10,14,16-17,19,27,29H,1,11-13,15,18,20-23H2,2-9H3. The molecule has 1 aliphatic carbocycles. The molecule has 0 heterocycles. The van der Waals surface area contributed by atoms with Gasteiger partial charge < -0.3 is 0 Å². The van der Waals surface area contributed by atoms with Gasteiger partial charge in [-0.1, -0.05) is 72.9 Å². The van der Waals surface area contributed by atoms with E-state index in [0.29, 0.717) is 17.3 Å². The molecule has 0 spiro atoms. The lowest BCUT2D eigenvalue weighted by molar-refractivity contribution is 0.354. The third-order valence-corrected chi connectivity index (χ3v) is 7.24. The maximum absolute atomic E-state index is 4.11. The van der Waals surface area contributed by atoms with Gasteiger partial charge in [-0.15, -0.1) is 6.58 Å². The average molecular weight is 424 g/mol. The van der Waals surface area contributed by atoms with Crippen molar-refractivity contribution < 1.29 is 0 Å². The van der Waals surface area contributed by atoms with Crippen LogP contribution >= 0.6 is 0 Å². The first kappa shape index (κ1) is 27.7. The molecule has 0 saturated heterocycles. The van der Waals surface area contributed by atoms with Gasteiger partial charge in [-0.05, 0) is 116 Å². The Kier molecular flexibility index (Phi) is 12.5. The Morgan fingerprint density at radius 3 is 2.32 bits per heavy atom. The first-order valence-electron chi connectivity index (χ1n) is 12.7. The maximum atomic E-state index is 4.11. The fraction of sp³-hybridized carbons (Fsp3) is 0.645. The van der Waals surface area contributed by atoms with Gasteiger partial charge in [-0.25, -0.2) is 0 Å². The van der Waals surface area contributed by atoms with Crippen LogP contribution in [0.2, 0.25) is 0 Å². The molecule has 2 unspecified atom stereocenters. The monoisotopic (exact) mass is 423 g/mol. The molecule has 1 rings (SSSR count). The Morgan fingerprint density at radius 1 is 1.03 bits per heavy atom. The summed E-state index contributed by atoms with van der Waals surface area (Å²) in [6.07, 6.45) is 22.8. The van der Waals surface area contributed by atoms with Crippen molar-refractivity contribution in [3.05, 3.63) is 65.2 Å². The SMILES string of the molecule is C=CC(CC=C(C)CCC=C(C)C)C(C)[CH]CC=C(C)CCC1=C(C)CCCC1(C)C. The molecule has 0 aromatic heterocycles. The Morgan fingerprint density at radius 2 is 1.71 bits per heavy atom. The normalized spacial score (nSPS) is 19.2. The summed E-state index contributed by atoms with van der Waals surface area (Å²) >= 11 is 0. The molecular weight excluding hydrogens is 372 g/mol. The van der Waals surface area contributed by atoms with E-state index in [1.54, 1.807) is 11.1 Å². The highest BCUT2D eigenvalue weighted by Crippen LogP contribution is 2.42. The van der Waals surface area contributed by atoms with E-state index in [0.717, 1.165) is 19.3 Å². The van der Waals surface area contributed by atoms with Gasteiger partial charge in [0.05, 0.1) is 0 Å². The van der Waals surface area contributed by atoms with Crippen LogP contribution in [0.1, 0.15) is 113 Å². The molecule has 2 atom stereocenters. The van der Waals surface area contributed by atoms with E-state index in [1.165, 1.54) is 55.2 Å². The minimum Gasteiger partial charge on any atom is -0.103 e. The average Bonchev–Trinajstić information content (AvgIpc) is 2.67. The van der Waals surface area contributed by atoms with Gasteiger partial charge in [-0.2, -0.15) is 0 Å². The molecule has 1 aliphatic rings. The quantitative estimate of drug-likeness (QED) is 0.258. The molecule has 1 radical (unpaired) electrons. The zero-order chi connectivity index (χ0) is 23.4. The third-order valence-electron chi connectivity index (χ3n) is 7.24. The van der Waals surface area contributed by atoms with E-state index in [4.69, 9.17) is 0 Å². The van der Waals surface area contributed by atoms with Gasteiger partial charge in [0.2, 0.25) is 0 Å². The van der Waals surface area contributed by atoms with Crippen LogP contribution in [0, 0.1) is 23.7 Å². The van der Waals surface area contributed by atoms with Crippen molar-refractivity contribution in [1.82, 2.24) is 0 Å². The molecule has 0 aromatic rings. The van der Waals surface area contributed by atoms with Gasteiger partial charge in [0, 0.05) is 0 Å². The summed E-state index contributed by atoms with van der Waals surface area (Å²) < 4.78 is 0. The summed E-state index contributed by atoms with van der Waals surface area (Å²) in [6.45, 7) is 22.6. The molecule has 0 saturated carbocycles. The zero-order valence-electron chi connectivity index (χ0n) is 22.1. The second-order valence-corrected chi connectivity index (χ2v) is 10.9. The first-order valence-corrected chi connectivity index (χ1v) is 12.7. The predicted molar refractivity (Wildman–Crippen MR) is 142 cm³/mol. The molecule has 175 valence electrons. The number of rotatable bonds is 13. The molecule has 0 heteroatoms. The van der Waals surface area contributed by atoms with Gasteiger partial charge >= 0.3 is 0 Å². The van der Waals surface area contributed by atoms with Crippen molar-refractivity contribution in [1.29, 1.82) is 0 Å². The smallest absolute Gasteiger partial charge is 0.0142 e. The first-order chi connectivity index (χ1) is 14.6. The van der Waals surface area contributed by atoms with E-state index in [-0.39, 0.29) is 0 Å². The van der Waals surface area contributed by atoms with E-state index in [9.17, 15) is 0 Å². The number of allylic oxidation sites excluding steroid dienone is 9. The fourth-order valence-corrected chi connectivity index (χ4v) is 4.86. The Bertz CT molecular complexity index is 673. The maximum Gasteiger partial charge on any atom is -0.0142 e. The fourth-order valence-electron chi connectivity index (χ4n) is 4.86. The minimum atomic E-state index is 0.401. The lowest BCUT2D eigenvalue weighted by Gasteiger charge is -2.35. The third kappa shape index (κ3) is 10.7. The lowest BCUT2D eigenvalue weighted by atomic mass is 9.71. The van der Waals surface area contributed by atoms with Gasteiger partial charge in [0.15, 0.2) is 0 Å². The molecule has 0 fully saturated rings. The molecule has 0 aromatic carbocycles. The summed E-state index contributed by atoms with van der Waals surface area (Å²) in [5.74, 6) is 1.09. The molecule has 0 N–H and O–H groups in total. The van der Waals surface area contributed by atoms with Crippen LogP contribution in [0.5, 0.6) is 0 Å². The Balaban J connectivity index is 2.46. The van der Waals surface area contributed by atoms with E-state index in [1.807, 2.05) is 0 Å². The second-order valence-electron chi connectivity index (χ2n) is 10.9. The number of hydrogen-bond donors (Lipinski definition) is 0. The van der Waals surface area contributed by atoms with Crippen LogP contribution in [0.15, 0.2) is 58.7 Å². The number of hydrogen-bond acceptors (Lipinski definition) is 0. The topological polar surface area (TPSA) is 0 Å². The second kappa shape index (κ2) is 14.0. The highest BCUT2D eigenvalue weighted by molar-refractivity contribution is 5.23. The minimum absolute atomic E-state index is 0.401. The van der Waals surface area contributed by atoms with Crippen LogP contribution < -0.4 is 0 Å². The van der Waals surface area contributed by atoms with E-state index >= 15 is 0 Å². The van der Waals surface area contributed by atoms with Crippen LogP contribution in [0.4, 0.5) is 0 Å². The van der Waals surface area contributed by atoms with Crippen molar-refractivity contribution in [3.63, 3.8) is 0 Å². The van der Waals surface area contributed by atoms with Crippen LogP contribution in [0.3, 0.4) is 0 Å². The lowest BCUT2D eigenvalue weighted by Crippen LogP contribution is -2.20. The van der Waals surface area contributed by atoms with Crippen molar-refractivity contribution in [2.24, 2.45) is 17.3 Å². The van der Waals surface area contributed by atoms with Crippen molar-refractivity contribution in [2.45, 2.75) is 113 Å². The zero-order valence-corrected chi connectivity index (χ0v) is 22.1. The highest BCUT2D eigenvalue weighted by atomic mass is 14.3. The van der Waals surface area contributed by atoms with Crippen LogP contribution in [-0.2, 0) is 0 Å². The van der Waals surface area contributed by atoms with Gasteiger partial charge in [-0.3, -0.25) is 0 Å². The Labute approximate surface area is 195 Å². The molecule has 31 heavy (non-hydrogen) atoms. The van der Waals surface area contributed by atoms with Crippen molar-refractivity contribution in [2.75, 3.05) is 0 Å². The van der Waals surface area contributed by atoms with Crippen molar-refractivity contribution in [3.8, 4) is 0 Å². The summed E-state index contributed by atoms with van der Waals surface area (Å²) in [5, 5.41) is 0. The Hall–Kier alpha value is -1.30. The summed E-state index contributed by atoms with van der Waals surface area (Å²) in [7, 11) is 0. The van der Waals surface area contributed by atoms with E-state index < -0.39 is 0 Å². The largest absolute Gasteiger partial charge is 0.103 e. The van der Waals surface area contributed by atoms with E-state index in [2.05, 4.69) is 92.7 Å².